The van der Waals surface area contributed by atoms with Crippen molar-refractivity contribution in [3.05, 3.63) is 29.6 Å². The molecular formula is C10H13N3O3. The van der Waals surface area contributed by atoms with Gasteiger partial charge >= 0.3 is 5.97 Å². The van der Waals surface area contributed by atoms with Gasteiger partial charge in [-0.15, -0.1) is 0 Å². The number of nitrogens with zero attached hydrogens (tertiary/aromatic N) is 2. The standard InChI is InChI=1S/C10H13N3O3/c1-7-8(6-12-13(7)2)5-11-9(14)3-4-10(15)16/h3-4,6H,5H2,1-2H3,(H,11,14)(H,15,16)/b4-3+. The van der Waals surface area contributed by atoms with E-state index in [0.29, 0.717) is 6.54 Å². The minimum Gasteiger partial charge on any atom is -0.478 e. The van der Waals surface area contributed by atoms with E-state index in [2.05, 4.69) is 10.4 Å². The molecule has 0 bridgehead atoms. The number of rotatable bonds is 4. The summed E-state index contributed by atoms with van der Waals surface area (Å²) in [7, 11) is 1.81. The van der Waals surface area contributed by atoms with Gasteiger partial charge in [-0.2, -0.15) is 5.10 Å². The summed E-state index contributed by atoms with van der Waals surface area (Å²) >= 11 is 0. The molecule has 0 aliphatic heterocycles. The summed E-state index contributed by atoms with van der Waals surface area (Å²) in [6, 6.07) is 0. The highest BCUT2D eigenvalue weighted by atomic mass is 16.4. The summed E-state index contributed by atoms with van der Waals surface area (Å²) < 4.78 is 1.70. The summed E-state index contributed by atoms with van der Waals surface area (Å²) in [6.45, 7) is 2.23. The fourth-order valence-corrected chi connectivity index (χ4v) is 1.11. The number of carbonyl (C=O) groups is 2. The van der Waals surface area contributed by atoms with E-state index in [9.17, 15) is 9.59 Å². The Morgan fingerprint density at radius 1 is 1.56 bits per heavy atom. The molecule has 1 heterocycles. The molecule has 0 aliphatic rings. The largest absolute Gasteiger partial charge is 0.478 e. The average molecular weight is 223 g/mol. The lowest BCUT2D eigenvalue weighted by Crippen LogP contribution is -2.20. The molecule has 1 rings (SSSR count). The van der Waals surface area contributed by atoms with Gasteiger partial charge < -0.3 is 10.4 Å². The van der Waals surface area contributed by atoms with Crippen LogP contribution in [0.15, 0.2) is 18.3 Å². The molecule has 0 fully saturated rings. The summed E-state index contributed by atoms with van der Waals surface area (Å²) in [5.41, 5.74) is 1.86. The van der Waals surface area contributed by atoms with Crippen LogP contribution in [-0.4, -0.2) is 26.8 Å². The van der Waals surface area contributed by atoms with Crippen molar-refractivity contribution in [1.82, 2.24) is 15.1 Å². The van der Waals surface area contributed by atoms with E-state index in [0.717, 1.165) is 23.4 Å². The second kappa shape index (κ2) is 5.11. The molecule has 0 aromatic carbocycles. The maximum absolute atomic E-state index is 11.2. The van der Waals surface area contributed by atoms with Crippen LogP contribution < -0.4 is 5.32 Å². The zero-order valence-corrected chi connectivity index (χ0v) is 9.10. The van der Waals surface area contributed by atoms with Gasteiger partial charge in [-0.05, 0) is 6.92 Å². The monoisotopic (exact) mass is 223 g/mol. The Morgan fingerprint density at radius 3 is 2.75 bits per heavy atom. The molecule has 2 N–H and O–H groups in total. The average Bonchev–Trinajstić information content (AvgIpc) is 2.54. The van der Waals surface area contributed by atoms with Gasteiger partial charge in [0.05, 0.1) is 6.20 Å². The number of carbonyl (C=O) groups excluding carboxylic acids is 1. The molecule has 1 amide bonds. The Bertz CT molecular complexity index is 435. The lowest BCUT2D eigenvalue weighted by molar-refractivity contribution is -0.131. The molecule has 6 heteroatoms. The minimum absolute atomic E-state index is 0.336. The number of hydrogen-bond acceptors (Lipinski definition) is 3. The Morgan fingerprint density at radius 2 is 2.25 bits per heavy atom. The van der Waals surface area contributed by atoms with E-state index in [4.69, 9.17) is 5.11 Å². The molecule has 0 saturated carbocycles. The van der Waals surface area contributed by atoms with Gasteiger partial charge in [-0.25, -0.2) is 4.79 Å². The maximum Gasteiger partial charge on any atom is 0.328 e. The lowest BCUT2D eigenvalue weighted by Gasteiger charge is -2.01. The van der Waals surface area contributed by atoms with E-state index >= 15 is 0 Å². The SMILES string of the molecule is Cc1c(CNC(=O)/C=C/C(=O)O)cnn1C. The van der Waals surface area contributed by atoms with E-state index in [1.807, 2.05) is 14.0 Å². The maximum atomic E-state index is 11.2. The van der Waals surface area contributed by atoms with Crippen molar-refractivity contribution in [2.75, 3.05) is 0 Å². The molecule has 0 saturated heterocycles. The van der Waals surface area contributed by atoms with Crippen LogP contribution in [0.5, 0.6) is 0 Å². The van der Waals surface area contributed by atoms with E-state index in [-0.39, 0.29) is 0 Å². The zero-order chi connectivity index (χ0) is 12.1. The van der Waals surface area contributed by atoms with Gasteiger partial charge in [0.25, 0.3) is 0 Å². The molecule has 1 aromatic heterocycles. The van der Waals surface area contributed by atoms with Crippen LogP contribution in [0, 0.1) is 6.92 Å². The first kappa shape index (κ1) is 12.0. The third-order valence-electron chi connectivity index (χ3n) is 2.17. The number of nitrogens with one attached hydrogen (secondary N) is 1. The highest BCUT2D eigenvalue weighted by Gasteiger charge is 2.04. The van der Waals surface area contributed by atoms with E-state index < -0.39 is 11.9 Å². The molecule has 86 valence electrons. The van der Waals surface area contributed by atoms with Crippen LogP contribution in [0.25, 0.3) is 0 Å². The summed E-state index contributed by atoms with van der Waals surface area (Å²) in [6.07, 6.45) is 3.44. The van der Waals surface area contributed by atoms with Gasteiger partial charge in [-0.3, -0.25) is 9.48 Å². The number of aromatic nitrogens is 2. The van der Waals surface area contributed by atoms with E-state index in [1.165, 1.54) is 0 Å². The van der Waals surface area contributed by atoms with Gasteiger partial charge in [0.15, 0.2) is 0 Å². The van der Waals surface area contributed by atoms with Crippen molar-refractivity contribution < 1.29 is 14.7 Å². The number of aliphatic carboxylic acids is 1. The van der Waals surface area contributed by atoms with Gasteiger partial charge in [0.1, 0.15) is 0 Å². The Labute approximate surface area is 92.6 Å². The molecule has 0 spiro atoms. The molecule has 0 aliphatic carbocycles. The highest BCUT2D eigenvalue weighted by molar-refractivity contribution is 5.93. The van der Waals surface area contributed by atoms with Crippen molar-refractivity contribution in [2.45, 2.75) is 13.5 Å². The first-order chi connectivity index (χ1) is 7.50. The van der Waals surface area contributed by atoms with Crippen LogP contribution in [0.2, 0.25) is 0 Å². The highest BCUT2D eigenvalue weighted by Crippen LogP contribution is 2.04. The lowest BCUT2D eigenvalue weighted by atomic mass is 10.2. The summed E-state index contributed by atoms with van der Waals surface area (Å²) in [5.74, 6) is -1.58. The molecule has 0 atom stereocenters. The molecular weight excluding hydrogens is 210 g/mol. The quantitative estimate of drug-likeness (QED) is 0.703. The number of amides is 1. The van der Waals surface area contributed by atoms with Gasteiger partial charge in [0.2, 0.25) is 5.91 Å². The molecule has 6 nitrogen and oxygen atoms in total. The van der Waals surface area contributed by atoms with Crippen LogP contribution in [0.3, 0.4) is 0 Å². The number of hydrogen-bond donors (Lipinski definition) is 2. The predicted octanol–water partition coefficient (Wildman–Crippen LogP) is -0.0145. The van der Waals surface area contributed by atoms with Crippen molar-refractivity contribution in [3.8, 4) is 0 Å². The Kier molecular flexibility index (Phi) is 3.82. The van der Waals surface area contributed by atoms with Crippen LogP contribution >= 0.6 is 0 Å². The van der Waals surface area contributed by atoms with Crippen LogP contribution in [-0.2, 0) is 23.2 Å². The van der Waals surface area contributed by atoms with Crippen molar-refractivity contribution >= 4 is 11.9 Å². The van der Waals surface area contributed by atoms with Gasteiger partial charge in [-0.1, -0.05) is 0 Å². The second-order valence-electron chi connectivity index (χ2n) is 3.27. The first-order valence-corrected chi connectivity index (χ1v) is 4.67. The Hall–Kier alpha value is -2.11. The summed E-state index contributed by atoms with van der Waals surface area (Å²) in [5, 5.41) is 14.9. The molecule has 0 unspecified atom stereocenters. The molecule has 1 aromatic rings. The Balaban J connectivity index is 2.49. The van der Waals surface area contributed by atoms with Crippen molar-refractivity contribution in [1.29, 1.82) is 0 Å². The zero-order valence-electron chi connectivity index (χ0n) is 9.10. The normalized spacial score (nSPS) is 10.6. The minimum atomic E-state index is -1.15. The molecule has 0 radical (unpaired) electrons. The number of carboxylic acid groups (broad SMARTS) is 1. The second-order valence-corrected chi connectivity index (χ2v) is 3.27. The third-order valence-corrected chi connectivity index (χ3v) is 2.17. The predicted molar refractivity (Wildman–Crippen MR) is 56.6 cm³/mol. The third kappa shape index (κ3) is 3.23. The topological polar surface area (TPSA) is 84.2 Å². The fourth-order valence-electron chi connectivity index (χ4n) is 1.11. The smallest absolute Gasteiger partial charge is 0.328 e. The van der Waals surface area contributed by atoms with Gasteiger partial charge in [0, 0.05) is 37.0 Å². The van der Waals surface area contributed by atoms with Crippen molar-refractivity contribution in [2.24, 2.45) is 7.05 Å². The van der Waals surface area contributed by atoms with E-state index in [1.54, 1.807) is 10.9 Å². The number of aryl methyl sites for hydroxylation is 1. The van der Waals surface area contributed by atoms with Crippen LogP contribution in [0.1, 0.15) is 11.3 Å². The first-order valence-electron chi connectivity index (χ1n) is 4.67. The number of carboxylic acids is 1. The van der Waals surface area contributed by atoms with Crippen LogP contribution in [0.4, 0.5) is 0 Å². The summed E-state index contributed by atoms with van der Waals surface area (Å²) in [4.78, 5) is 21.3. The van der Waals surface area contributed by atoms with Crippen molar-refractivity contribution in [3.63, 3.8) is 0 Å². The fraction of sp³-hybridized carbons (Fsp3) is 0.300. The molecule has 16 heavy (non-hydrogen) atoms.